The van der Waals surface area contributed by atoms with Gasteiger partial charge in [-0.1, -0.05) is 31.9 Å². The number of nitrogens with zero attached hydrogens (tertiary/aromatic N) is 1. The van der Waals surface area contributed by atoms with Crippen LogP contribution < -0.4 is 14.8 Å². The van der Waals surface area contributed by atoms with Crippen LogP contribution in [0.1, 0.15) is 19.4 Å². The maximum absolute atomic E-state index is 12.5. The Hall–Kier alpha value is -2.83. The number of halogens is 2. The minimum absolute atomic E-state index is 0.0914. The second-order valence-corrected chi connectivity index (χ2v) is 7.75. The summed E-state index contributed by atoms with van der Waals surface area (Å²) in [6.45, 7) is 3.86. The van der Waals surface area contributed by atoms with Gasteiger partial charge in [0, 0.05) is 14.6 Å². The minimum atomic E-state index is -0.544. The molecule has 0 spiro atoms. The predicted molar refractivity (Wildman–Crippen MR) is 124 cm³/mol. The van der Waals surface area contributed by atoms with Crippen molar-refractivity contribution < 1.29 is 23.8 Å². The Morgan fingerprint density at radius 2 is 1.74 bits per heavy atom. The van der Waals surface area contributed by atoms with Gasteiger partial charge in [-0.3, -0.25) is 4.79 Å². The molecule has 162 valence electrons. The summed E-state index contributed by atoms with van der Waals surface area (Å²) in [4.78, 5) is 24.1. The van der Waals surface area contributed by atoms with Crippen molar-refractivity contribution >= 4 is 55.5 Å². The van der Waals surface area contributed by atoms with E-state index in [1.807, 2.05) is 6.07 Å². The fraction of sp³-hybridized carbons (Fsp3) is 0.227. The Morgan fingerprint density at radius 3 is 2.35 bits per heavy atom. The lowest BCUT2D eigenvalue weighted by Gasteiger charge is -2.14. The smallest absolute Gasteiger partial charge is 0.344 e. The Labute approximate surface area is 197 Å². The summed E-state index contributed by atoms with van der Waals surface area (Å²) in [5.74, 6) is -0.345. The van der Waals surface area contributed by atoms with Gasteiger partial charge >= 0.3 is 5.97 Å². The van der Waals surface area contributed by atoms with Crippen molar-refractivity contribution in [1.82, 2.24) is 0 Å². The lowest BCUT2D eigenvalue weighted by molar-refractivity contribution is -0.145. The van der Waals surface area contributed by atoms with Crippen LogP contribution in [0.2, 0.25) is 0 Å². The number of hydrogen-bond acceptors (Lipinski definition) is 6. The predicted octanol–water partition coefficient (Wildman–Crippen LogP) is 5.10. The summed E-state index contributed by atoms with van der Waals surface area (Å²) in [6, 6.07) is 12.1. The van der Waals surface area contributed by atoms with Crippen LogP contribution in [0.4, 0.5) is 5.69 Å². The lowest BCUT2D eigenvalue weighted by Crippen LogP contribution is -2.15. The lowest BCUT2D eigenvalue weighted by atomic mass is 10.1. The number of carbonyl (C=O) groups excluding carboxylic acids is 2. The molecule has 0 bridgehead atoms. The van der Waals surface area contributed by atoms with Crippen LogP contribution in [0.15, 0.2) is 50.9 Å². The third-order valence-corrected chi connectivity index (χ3v) is 5.00. The number of nitriles is 1. The molecule has 0 aliphatic heterocycles. The molecule has 0 saturated heterocycles. The van der Waals surface area contributed by atoms with E-state index < -0.39 is 11.9 Å². The first-order valence-electron chi connectivity index (χ1n) is 9.31. The van der Waals surface area contributed by atoms with Gasteiger partial charge in [0.25, 0.3) is 5.91 Å². The zero-order valence-corrected chi connectivity index (χ0v) is 20.1. The Kier molecular flexibility index (Phi) is 9.56. The molecule has 0 heterocycles. The third-order valence-electron chi connectivity index (χ3n) is 3.78. The summed E-state index contributed by atoms with van der Waals surface area (Å²) < 4.78 is 17.4. The van der Waals surface area contributed by atoms with Gasteiger partial charge in [0.2, 0.25) is 0 Å². The average Bonchev–Trinajstić information content (AvgIpc) is 2.74. The van der Waals surface area contributed by atoms with E-state index in [9.17, 15) is 14.9 Å². The van der Waals surface area contributed by atoms with Crippen LogP contribution in [0.25, 0.3) is 6.08 Å². The number of anilines is 1. The molecule has 1 amide bonds. The summed E-state index contributed by atoms with van der Waals surface area (Å²) in [5, 5.41) is 12.2. The molecule has 0 atom stereocenters. The highest BCUT2D eigenvalue weighted by Crippen LogP contribution is 2.35. The summed E-state index contributed by atoms with van der Waals surface area (Å²) in [7, 11) is 0. The number of hydrogen-bond donors (Lipinski definition) is 1. The van der Waals surface area contributed by atoms with Crippen LogP contribution in [0.5, 0.6) is 11.5 Å². The van der Waals surface area contributed by atoms with Crippen molar-refractivity contribution in [3.63, 3.8) is 0 Å². The van der Waals surface area contributed by atoms with E-state index in [4.69, 9.17) is 14.2 Å². The zero-order valence-electron chi connectivity index (χ0n) is 16.9. The van der Waals surface area contributed by atoms with Crippen LogP contribution in [0.3, 0.4) is 0 Å². The van der Waals surface area contributed by atoms with E-state index in [-0.39, 0.29) is 18.8 Å². The van der Waals surface area contributed by atoms with Gasteiger partial charge in [0.1, 0.15) is 11.6 Å². The molecule has 0 saturated carbocycles. The first-order chi connectivity index (χ1) is 14.9. The molecule has 0 unspecified atom stereocenters. The van der Waals surface area contributed by atoms with Gasteiger partial charge in [-0.15, -0.1) is 0 Å². The fourth-order valence-electron chi connectivity index (χ4n) is 2.42. The quantitative estimate of drug-likeness (QED) is 0.264. The van der Waals surface area contributed by atoms with Crippen molar-refractivity contribution in [2.45, 2.75) is 13.8 Å². The van der Waals surface area contributed by atoms with Gasteiger partial charge < -0.3 is 19.5 Å². The molecule has 2 aromatic rings. The molecule has 0 aliphatic carbocycles. The third kappa shape index (κ3) is 7.42. The summed E-state index contributed by atoms with van der Waals surface area (Å²) >= 11 is 6.74. The van der Waals surface area contributed by atoms with Crippen LogP contribution in [-0.4, -0.2) is 31.7 Å². The highest BCUT2D eigenvalue weighted by molar-refractivity contribution is 9.10. The number of benzene rings is 2. The van der Waals surface area contributed by atoms with Crippen molar-refractivity contribution in [2.75, 3.05) is 25.1 Å². The molecule has 2 aromatic carbocycles. The van der Waals surface area contributed by atoms with Gasteiger partial charge in [0.05, 0.1) is 13.2 Å². The molecular formula is C22H20Br2N2O5. The topological polar surface area (TPSA) is 97.7 Å². The van der Waals surface area contributed by atoms with Crippen LogP contribution in [0, 0.1) is 11.3 Å². The van der Waals surface area contributed by atoms with E-state index in [0.717, 1.165) is 4.47 Å². The molecule has 0 aliphatic rings. The highest BCUT2D eigenvalue weighted by Gasteiger charge is 2.15. The standard InChI is InChI=1S/C22H20Br2N2O5/c1-3-29-19-10-14(18(24)11-20(19)31-13-21(27)30-4-2)9-15(12-25)22(28)26-17-7-5-16(23)6-8-17/h5-11H,3-4,13H2,1-2H3,(H,26,28)/b15-9+. The monoisotopic (exact) mass is 550 g/mol. The van der Waals surface area contributed by atoms with E-state index in [2.05, 4.69) is 37.2 Å². The largest absolute Gasteiger partial charge is 0.490 e. The number of rotatable bonds is 9. The Morgan fingerprint density at radius 1 is 1.06 bits per heavy atom. The SMILES string of the molecule is CCOC(=O)COc1cc(Br)c(/C=C(\C#N)C(=O)Nc2ccc(Br)cc2)cc1OCC. The van der Waals surface area contributed by atoms with Crippen molar-refractivity contribution in [3.05, 3.63) is 56.5 Å². The number of amides is 1. The number of ether oxygens (including phenoxy) is 3. The van der Waals surface area contributed by atoms with Crippen molar-refractivity contribution in [1.29, 1.82) is 5.26 Å². The second kappa shape index (κ2) is 12.1. The second-order valence-electron chi connectivity index (χ2n) is 5.98. The van der Waals surface area contributed by atoms with Crippen molar-refractivity contribution in [2.24, 2.45) is 0 Å². The molecule has 7 nitrogen and oxygen atoms in total. The minimum Gasteiger partial charge on any atom is -0.490 e. The average molecular weight is 552 g/mol. The zero-order chi connectivity index (χ0) is 22.8. The van der Waals surface area contributed by atoms with Crippen LogP contribution >= 0.6 is 31.9 Å². The van der Waals surface area contributed by atoms with Gasteiger partial charge in [-0.05, 0) is 61.9 Å². The maximum Gasteiger partial charge on any atom is 0.344 e. The Balaban J connectivity index is 2.27. The molecule has 9 heteroatoms. The number of nitrogens with one attached hydrogen (secondary N) is 1. The van der Waals surface area contributed by atoms with Gasteiger partial charge in [-0.25, -0.2) is 4.79 Å². The fourth-order valence-corrected chi connectivity index (χ4v) is 3.12. The first kappa shape index (κ1) is 24.4. The first-order valence-corrected chi connectivity index (χ1v) is 10.9. The normalized spacial score (nSPS) is 10.7. The van der Waals surface area contributed by atoms with Crippen LogP contribution in [-0.2, 0) is 14.3 Å². The Bertz CT molecular complexity index is 1010. The van der Waals surface area contributed by atoms with Gasteiger partial charge in [0.15, 0.2) is 18.1 Å². The number of carbonyl (C=O) groups is 2. The molecule has 0 aromatic heterocycles. The van der Waals surface area contributed by atoms with Crippen molar-refractivity contribution in [3.8, 4) is 17.6 Å². The van der Waals surface area contributed by atoms with E-state index in [1.54, 1.807) is 50.2 Å². The summed E-state index contributed by atoms with van der Waals surface area (Å²) in [5.41, 5.74) is 1.01. The molecule has 2 rings (SSSR count). The van der Waals surface area contributed by atoms with E-state index >= 15 is 0 Å². The van der Waals surface area contributed by atoms with Gasteiger partial charge in [-0.2, -0.15) is 5.26 Å². The summed E-state index contributed by atoms with van der Waals surface area (Å²) in [6.07, 6.45) is 1.44. The molecule has 0 radical (unpaired) electrons. The maximum atomic E-state index is 12.5. The highest BCUT2D eigenvalue weighted by atomic mass is 79.9. The molecule has 1 N–H and O–H groups in total. The van der Waals surface area contributed by atoms with E-state index in [0.29, 0.717) is 33.8 Å². The molecule has 0 fully saturated rings. The number of esters is 1. The van der Waals surface area contributed by atoms with E-state index in [1.165, 1.54) is 6.08 Å². The molecular weight excluding hydrogens is 532 g/mol. The molecule has 31 heavy (non-hydrogen) atoms.